The van der Waals surface area contributed by atoms with Crippen molar-refractivity contribution in [2.75, 3.05) is 5.75 Å². The number of rotatable bonds is 4. The monoisotopic (exact) mass is 226 g/mol. The Morgan fingerprint density at radius 1 is 1.62 bits per heavy atom. The SMILES string of the molecule is O=C(CCS(=O)[O-])c1cccs1.[Na+]. The van der Waals surface area contributed by atoms with Crippen molar-refractivity contribution in [1.82, 2.24) is 0 Å². The Balaban J connectivity index is 0.00000144. The number of hydrogen-bond donors (Lipinski definition) is 0. The van der Waals surface area contributed by atoms with Crippen LogP contribution in [0.15, 0.2) is 17.5 Å². The Kier molecular flexibility index (Phi) is 7.12. The van der Waals surface area contributed by atoms with Gasteiger partial charge in [0.05, 0.1) is 4.88 Å². The summed E-state index contributed by atoms with van der Waals surface area (Å²) in [7, 11) is 0. The molecule has 1 aromatic rings. The predicted octanol–water partition coefficient (Wildman–Crippen LogP) is -1.80. The minimum Gasteiger partial charge on any atom is -0.772 e. The van der Waals surface area contributed by atoms with E-state index in [2.05, 4.69) is 0 Å². The Bertz CT molecular complexity index is 284. The normalized spacial score (nSPS) is 11.8. The van der Waals surface area contributed by atoms with Gasteiger partial charge in [0.25, 0.3) is 0 Å². The van der Waals surface area contributed by atoms with Gasteiger partial charge in [0.15, 0.2) is 5.78 Å². The third kappa shape index (κ3) is 5.05. The molecule has 3 nitrogen and oxygen atoms in total. The van der Waals surface area contributed by atoms with Crippen molar-refractivity contribution in [2.24, 2.45) is 0 Å². The van der Waals surface area contributed by atoms with Gasteiger partial charge in [-0.3, -0.25) is 9.00 Å². The molecule has 66 valence electrons. The van der Waals surface area contributed by atoms with E-state index in [1.165, 1.54) is 11.3 Å². The van der Waals surface area contributed by atoms with E-state index in [0.717, 1.165) is 0 Å². The fourth-order valence-corrected chi connectivity index (χ4v) is 1.78. The third-order valence-electron chi connectivity index (χ3n) is 1.29. The molecule has 0 aliphatic carbocycles. The van der Waals surface area contributed by atoms with Gasteiger partial charge in [-0.15, -0.1) is 11.3 Å². The van der Waals surface area contributed by atoms with Gasteiger partial charge in [-0.05, 0) is 11.4 Å². The zero-order valence-electron chi connectivity index (χ0n) is 7.19. The second kappa shape index (κ2) is 6.86. The van der Waals surface area contributed by atoms with E-state index in [-0.39, 0.29) is 47.5 Å². The van der Waals surface area contributed by atoms with E-state index in [1.54, 1.807) is 17.5 Å². The first-order chi connectivity index (χ1) is 5.70. The summed E-state index contributed by atoms with van der Waals surface area (Å²) in [5, 5.41) is 1.79. The zero-order chi connectivity index (χ0) is 8.97. The first-order valence-electron chi connectivity index (χ1n) is 3.32. The molecule has 0 aliphatic heterocycles. The first kappa shape index (κ1) is 13.5. The van der Waals surface area contributed by atoms with Gasteiger partial charge in [-0.25, -0.2) is 0 Å². The standard InChI is InChI=1S/C7H8O3S2.Na/c8-6(3-5-12(9)10)7-2-1-4-11-7;/h1-2,4H,3,5H2,(H,9,10);/q;+1/p-1. The molecule has 0 spiro atoms. The van der Waals surface area contributed by atoms with Crippen LogP contribution < -0.4 is 29.6 Å². The minimum absolute atomic E-state index is 0. The summed E-state index contributed by atoms with van der Waals surface area (Å²) in [6.45, 7) is 0. The van der Waals surface area contributed by atoms with E-state index in [0.29, 0.717) is 4.88 Å². The molecule has 0 fully saturated rings. The molecule has 1 aromatic heterocycles. The van der Waals surface area contributed by atoms with Gasteiger partial charge in [-0.2, -0.15) is 0 Å². The molecule has 0 radical (unpaired) electrons. The molecule has 0 amide bonds. The summed E-state index contributed by atoms with van der Waals surface area (Å²) < 4.78 is 20.2. The topological polar surface area (TPSA) is 57.2 Å². The van der Waals surface area contributed by atoms with Crippen molar-refractivity contribution < 1.29 is 43.1 Å². The van der Waals surface area contributed by atoms with Crippen LogP contribution in [0.25, 0.3) is 0 Å². The largest absolute Gasteiger partial charge is 1.00 e. The van der Waals surface area contributed by atoms with Gasteiger partial charge in [-0.1, -0.05) is 17.1 Å². The maximum absolute atomic E-state index is 11.1. The van der Waals surface area contributed by atoms with Crippen molar-refractivity contribution in [3.8, 4) is 0 Å². The van der Waals surface area contributed by atoms with Crippen LogP contribution in [0.2, 0.25) is 0 Å². The number of carbonyl (C=O) groups excluding carboxylic acids is 1. The summed E-state index contributed by atoms with van der Waals surface area (Å²) in [5.74, 6) is -0.189. The molecule has 6 heteroatoms. The van der Waals surface area contributed by atoms with Gasteiger partial charge < -0.3 is 4.55 Å². The number of hydrogen-bond acceptors (Lipinski definition) is 4. The molecule has 1 heterocycles. The van der Waals surface area contributed by atoms with Crippen molar-refractivity contribution >= 4 is 28.2 Å². The Labute approximate surface area is 105 Å². The number of carbonyl (C=O) groups is 1. The van der Waals surface area contributed by atoms with Crippen LogP contribution in [0.4, 0.5) is 0 Å². The van der Waals surface area contributed by atoms with Crippen LogP contribution in [-0.2, 0) is 11.1 Å². The van der Waals surface area contributed by atoms with E-state index >= 15 is 0 Å². The minimum atomic E-state index is -2.11. The van der Waals surface area contributed by atoms with Crippen LogP contribution in [-0.4, -0.2) is 20.3 Å². The summed E-state index contributed by atoms with van der Waals surface area (Å²) >= 11 is -0.782. The van der Waals surface area contributed by atoms with Crippen molar-refractivity contribution in [3.05, 3.63) is 22.4 Å². The second-order valence-electron chi connectivity index (χ2n) is 2.16. The maximum atomic E-state index is 11.1. The number of ketones is 1. The Morgan fingerprint density at radius 3 is 2.77 bits per heavy atom. The fourth-order valence-electron chi connectivity index (χ4n) is 0.736. The maximum Gasteiger partial charge on any atom is 1.00 e. The van der Waals surface area contributed by atoms with E-state index in [4.69, 9.17) is 0 Å². The van der Waals surface area contributed by atoms with Crippen LogP contribution in [0.3, 0.4) is 0 Å². The molecule has 0 saturated carbocycles. The Morgan fingerprint density at radius 2 is 2.31 bits per heavy atom. The molecule has 0 aromatic carbocycles. The Hall–Kier alpha value is 0.480. The molecule has 13 heavy (non-hydrogen) atoms. The summed E-state index contributed by atoms with van der Waals surface area (Å²) in [5.41, 5.74) is 0. The van der Waals surface area contributed by atoms with Gasteiger partial charge in [0, 0.05) is 12.2 Å². The molecule has 0 bridgehead atoms. The molecule has 0 N–H and O–H groups in total. The van der Waals surface area contributed by atoms with Crippen molar-refractivity contribution in [2.45, 2.75) is 6.42 Å². The molecule has 1 rings (SSSR count). The predicted molar refractivity (Wildman–Crippen MR) is 47.1 cm³/mol. The summed E-state index contributed by atoms with van der Waals surface area (Å²) in [4.78, 5) is 11.8. The third-order valence-corrected chi connectivity index (χ3v) is 2.74. The second-order valence-corrected chi connectivity index (χ2v) is 4.12. The first-order valence-corrected chi connectivity index (χ1v) is 5.45. The summed E-state index contributed by atoms with van der Waals surface area (Å²) in [6, 6.07) is 3.47. The molecule has 1 atom stereocenters. The molecule has 0 aliphatic rings. The van der Waals surface area contributed by atoms with Crippen molar-refractivity contribution in [1.29, 1.82) is 0 Å². The average Bonchev–Trinajstić information content (AvgIpc) is 2.51. The van der Waals surface area contributed by atoms with Gasteiger partial charge >= 0.3 is 29.6 Å². The van der Waals surface area contributed by atoms with Crippen molar-refractivity contribution in [3.63, 3.8) is 0 Å². The van der Waals surface area contributed by atoms with Gasteiger partial charge in [0.1, 0.15) is 0 Å². The summed E-state index contributed by atoms with van der Waals surface area (Å²) in [6.07, 6.45) is 0.0800. The van der Waals surface area contributed by atoms with E-state index in [9.17, 15) is 13.6 Å². The van der Waals surface area contributed by atoms with E-state index in [1.807, 2.05) is 0 Å². The molecular formula is C7H7NaO3S2. The number of Topliss-reactive ketones (excluding diaryl/α,β-unsaturated/α-hetero) is 1. The molecule has 0 saturated heterocycles. The van der Waals surface area contributed by atoms with Crippen LogP contribution in [0, 0.1) is 0 Å². The average molecular weight is 226 g/mol. The quantitative estimate of drug-likeness (QED) is 0.346. The smallest absolute Gasteiger partial charge is 0.772 e. The zero-order valence-corrected chi connectivity index (χ0v) is 10.8. The molecular weight excluding hydrogens is 219 g/mol. The molecule has 1 unspecified atom stereocenters. The van der Waals surface area contributed by atoms with Crippen LogP contribution >= 0.6 is 11.3 Å². The van der Waals surface area contributed by atoms with Crippen LogP contribution in [0.5, 0.6) is 0 Å². The fraction of sp³-hybridized carbons (Fsp3) is 0.286. The van der Waals surface area contributed by atoms with Crippen LogP contribution in [0.1, 0.15) is 16.1 Å². The van der Waals surface area contributed by atoms with E-state index < -0.39 is 11.1 Å². The number of thiophene rings is 1. The van der Waals surface area contributed by atoms with Gasteiger partial charge in [0.2, 0.25) is 0 Å².